The molecule has 2 rings (SSSR count). The zero-order valence-electron chi connectivity index (χ0n) is 8.94. The van der Waals surface area contributed by atoms with Gasteiger partial charge in [-0.05, 0) is 0 Å². The second kappa shape index (κ2) is 4.60. The maximum Gasteiger partial charge on any atom is 0.324 e. The number of urea groups is 2. The van der Waals surface area contributed by atoms with Gasteiger partial charge in [0.05, 0.1) is 0 Å². The molecule has 2 heterocycles. The number of amides is 6. The standard InChI is InChI=1S/2C4H6N2O2/c2*1-6-2-3(7)5-4(6)8/h2*2H2,1H3,(H,5,7,8). The number of hydrogen-bond donors (Lipinski definition) is 2. The molecule has 2 aliphatic heterocycles. The Morgan fingerprint density at radius 2 is 1.12 bits per heavy atom. The number of carbonyl (C=O) groups excluding carboxylic acids is 4. The van der Waals surface area contributed by atoms with E-state index in [1.165, 1.54) is 9.80 Å². The Kier molecular flexibility index (Phi) is 3.44. The molecule has 0 saturated carbocycles. The molecule has 0 bridgehead atoms. The van der Waals surface area contributed by atoms with Gasteiger partial charge in [-0.25, -0.2) is 9.59 Å². The monoisotopic (exact) mass is 228 g/mol. The maximum absolute atomic E-state index is 10.4. The minimum absolute atomic E-state index is 0.193. The molecule has 2 saturated heterocycles. The summed E-state index contributed by atoms with van der Waals surface area (Å²) in [6.07, 6.45) is 0. The van der Waals surface area contributed by atoms with Gasteiger partial charge in [-0.3, -0.25) is 20.2 Å². The molecule has 0 aromatic carbocycles. The second-order valence-corrected chi connectivity index (χ2v) is 3.42. The van der Waals surface area contributed by atoms with Crippen LogP contribution in [0.3, 0.4) is 0 Å². The quantitative estimate of drug-likeness (QED) is 0.484. The Balaban J connectivity index is 0.000000160. The van der Waals surface area contributed by atoms with E-state index in [0.717, 1.165) is 0 Å². The van der Waals surface area contributed by atoms with Crippen LogP contribution in [0.25, 0.3) is 0 Å². The molecule has 0 unspecified atom stereocenters. The van der Waals surface area contributed by atoms with Crippen molar-refractivity contribution in [1.29, 1.82) is 0 Å². The zero-order valence-corrected chi connectivity index (χ0v) is 8.94. The van der Waals surface area contributed by atoms with Crippen molar-refractivity contribution in [2.45, 2.75) is 0 Å². The third-order valence-electron chi connectivity index (χ3n) is 1.95. The summed E-state index contributed by atoms with van der Waals surface area (Å²) in [6, 6.07) is -0.620. The highest BCUT2D eigenvalue weighted by molar-refractivity contribution is 6.02. The lowest BCUT2D eigenvalue weighted by atomic mass is 10.6. The van der Waals surface area contributed by atoms with Gasteiger partial charge in [-0.2, -0.15) is 0 Å². The Morgan fingerprint density at radius 3 is 1.19 bits per heavy atom. The minimum atomic E-state index is -0.310. The number of nitrogens with zero attached hydrogens (tertiary/aromatic N) is 2. The molecular weight excluding hydrogens is 216 g/mol. The topological polar surface area (TPSA) is 98.8 Å². The summed E-state index contributed by atoms with van der Waals surface area (Å²) in [5.41, 5.74) is 0. The summed E-state index contributed by atoms with van der Waals surface area (Å²) in [4.78, 5) is 44.0. The number of hydrogen-bond acceptors (Lipinski definition) is 4. The first-order valence-electron chi connectivity index (χ1n) is 4.50. The van der Waals surface area contributed by atoms with Crippen LogP contribution in [0.2, 0.25) is 0 Å². The van der Waals surface area contributed by atoms with Crippen LogP contribution in [-0.4, -0.2) is 60.9 Å². The van der Waals surface area contributed by atoms with Gasteiger partial charge in [0, 0.05) is 14.1 Å². The fourth-order valence-electron chi connectivity index (χ4n) is 1.08. The summed E-state index contributed by atoms with van der Waals surface area (Å²) in [5.74, 6) is -0.449. The molecule has 8 heteroatoms. The number of nitrogens with one attached hydrogen (secondary N) is 2. The van der Waals surface area contributed by atoms with Crippen LogP contribution in [0.4, 0.5) is 9.59 Å². The largest absolute Gasteiger partial charge is 0.324 e. The third-order valence-corrected chi connectivity index (χ3v) is 1.95. The van der Waals surface area contributed by atoms with Crippen LogP contribution in [0.15, 0.2) is 0 Å². The van der Waals surface area contributed by atoms with Crippen molar-refractivity contribution < 1.29 is 19.2 Å². The first kappa shape index (κ1) is 12.0. The van der Waals surface area contributed by atoms with E-state index >= 15 is 0 Å². The zero-order chi connectivity index (χ0) is 12.3. The first-order valence-corrected chi connectivity index (χ1v) is 4.50. The van der Waals surface area contributed by atoms with Crippen LogP contribution in [0.1, 0.15) is 0 Å². The summed E-state index contributed by atoms with van der Waals surface area (Å²) in [7, 11) is 3.14. The molecule has 0 aliphatic carbocycles. The Morgan fingerprint density at radius 1 is 0.812 bits per heavy atom. The lowest BCUT2D eigenvalue weighted by molar-refractivity contribution is -0.119. The summed E-state index contributed by atoms with van der Waals surface area (Å²) >= 11 is 0. The highest BCUT2D eigenvalue weighted by atomic mass is 16.2. The van der Waals surface area contributed by atoms with E-state index in [1.54, 1.807) is 14.1 Å². The Labute approximate surface area is 91.6 Å². The molecule has 16 heavy (non-hydrogen) atoms. The molecule has 0 radical (unpaired) electrons. The van der Waals surface area contributed by atoms with Crippen LogP contribution in [0.5, 0.6) is 0 Å². The molecule has 88 valence electrons. The smallest absolute Gasteiger partial charge is 0.318 e. The number of likely N-dealkylation sites (N-methyl/N-ethyl adjacent to an activating group) is 2. The van der Waals surface area contributed by atoms with E-state index in [2.05, 4.69) is 10.6 Å². The van der Waals surface area contributed by atoms with Crippen molar-refractivity contribution in [2.24, 2.45) is 0 Å². The van der Waals surface area contributed by atoms with E-state index in [-0.39, 0.29) is 37.0 Å². The number of rotatable bonds is 0. The van der Waals surface area contributed by atoms with Crippen molar-refractivity contribution >= 4 is 23.9 Å². The van der Waals surface area contributed by atoms with E-state index in [9.17, 15) is 19.2 Å². The van der Waals surface area contributed by atoms with E-state index in [4.69, 9.17) is 0 Å². The van der Waals surface area contributed by atoms with Gasteiger partial charge < -0.3 is 9.80 Å². The maximum atomic E-state index is 10.4. The van der Waals surface area contributed by atoms with E-state index < -0.39 is 0 Å². The van der Waals surface area contributed by atoms with Crippen LogP contribution < -0.4 is 10.6 Å². The average Bonchev–Trinajstić information content (AvgIpc) is 2.58. The normalized spacial score (nSPS) is 19.4. The molecule has 2 aliphatic rings. The van der Waals surface area contributed by atoms with Crippen molar-refractivity contribution in [3.05, 3.63) is 0 Å². The Hall–Kier alpha value is -2.12. The van der Waals surface area contributed by atoms with Gasteiger partial charge in [0.1, 0.15) is 13.1 Å². The van der Waals surface area contributed by atoms with Crippen molar-refractivity contribution in [1.82, 2.24) is 20.4 Å². The SMILES string of the molecule is CN1CC(=O)NC1=O.CN1CC(=O)NC1=O. The molecule has 0 aromatic rings. The predicted octanol–water partition coefficient (Wildman–Crippen LogP) is -1.66. The number of carbonyl (C=O) groups is 4. The molecule has 2 fully saturated rings. The predicted molar refractivity (Wildman–Crippen MR) is 52.3 cm³/mol. The number of imide groups is 2. The van der Waals surface area contributed by atoms with E-state index in [1.807, 2.05) is 0 Å². The minimum Gasteiger partial charge on any atom is -0.318 e. The highest BCUT2D eigenvalue weighted by Crippen LogP contribution is 1.91. The molecule has 8 nitrogen and oxygen atoms in total. The molecule has 0 atom stereocenters. The van der Waals surface area contributed by atoms with Crippen LogP contribution in [0, 0.1) is 0 Å². The fraction of sp³-hybridized carbons (Fsp3) is 0.500. The molecule has 0 aromatic heterocycles. The van der Waals surface area contributed by atoms with Gasteiger partial charge in [0.25, 0.3) is 0 Å². The lowest BCUT2D eigenvalue weighted by Crippen LogP contribution is -2.24. The first-order chi connectivity index (χ1) is 7.40. The summed E-state index contributed by atoms with van der Waals surface area (Å²) in [6.45, 7) is 0.387. The molecule has 2 N–H and O–H groups in total. The molecule has 6 amide bonds. The van der Waals surface area contributed by atoms with Crippen molar-refractivity contribution in [3.8, 4) is 0 Å². The Bertz CT molecular complexity index is 320. The van der Waals surface area contributed by atoms with Gasteiger partial charge in [-0.15, -0.1) is 0 Å². The van der Waals surface area contributed by atoms with E-state index in [0.29, 0.717) is 0 Å². The van der Waals surface area contributed by atoms with Crippen molar-refractivity contribution in [2.75, 3.05) is 27.2 Å². The van der Waals surface area contributed by atoms with Gasteiger partial charge in [0.2, 0.25) is 11.8 Å². The average molecular weight is 228 g/mol. The van der Waals surface area contributed by atoms with Gasteiger partial charge >= 0.3 is 12.1 Å². The summed E-state index contributed by atoms with van der Waals surface area (Å²) < 4.78 is 0. The fourth-order valence-corrected chi connectivity index (χ4v) is 1.08. The van der Waals surface area contributed by atoms with Gasteiger partial charge in [0.15, 0.2) is 0 Å². The van der Waals surface area contributed by atoms with Crippen LogP contribution >= 0.6 is 0 Å². The molecular formula is C8H12N4O4. The highest BCUT2D eigenvalue weighted by Gasteiger charge is 2.22. The lowest BCUT2D eigenvalue weighted by Gasteiger charge is -1.99. The summed E-state index contributed by atoms with van der Waals surface area (Å²) in [5, 5.41) is 4.23. The van der Waals surface area contributed by atoms with Crippen LogP contribution in [-0.2, 0) is 9.59 Å². The van der Waals surface area contributed by atoms with Gasteiger partial charge in [-0.1, -0.05) is 0 Å². The van der Waals surface area contributed by atoms with Crippen molar-refractivity contribution in [3.63, 3.8) is 0 Å². The molecule has 0 spiro atoms. The third kappa shape index (κ3) is 2.94. The second-order valence-electron chi connectivity index (χ2n) is 3.42.